The largest absolute Gasteiger partial charge is 0.497 e. The summed E-state index contributed by atoms with van der Waals surface area (Å²) in [5.74, 6) is -0.578. The fourth-order valence-electron chi connectivity index (χ4n) is 4.83. The molecule has 2 aliphatic heterocycles. The van der Waals surface area contributed by atoms with E-state index in [9.17, 15) is 14.4 Å². The summed E-state index contributed by atoms with van der Waals surface area (Å²) in [6.45, 7) is 5.33. The van der Waals surface area contributed by atoms with Crippen LogP contribution in [0.25, 0.3) is 6.08 Å². The summed E-state index contributed by atoms with van der Waals surface area (Å²) in [4.78, 5) is 45.5. The number of carbonyl (C=O) groups is 2. The van der Waals surface area contributed by atoms with Crippen molar-refractivity contribution in [3.63, 3.8) is 0 Å². The third-order valence-corrected chi connectivity index (χ3v) is 7.75. The van der Waals surface area contributed by atoms with Gasteiger partial charge < -0.3 is 14.2 Å². The summed E-state index contributed by atoms with van der Waals surface area (Å²) < 4.78 is 18.2. The molecular formula is C29H28N4O6S. The highest BCUT2D eigenvalue weighted by Gasteiger charge is 2.37. The van der Waals surface area contributed by atoms with Gasteiger partial charge in [-0.15, -0.1) is 0 Å². The summed E-state index contributed by atoms with van der Waals surface area (Å²) >= 11 is 1.15. The number of allylic oxidation sites excluding steroid dienone is 1. The number of anilines is 1. The van der Waals surface area contributed by atoms with Crippen molar-refractivity contribution in [3.05, 3.63) is 85.1 Å². The highest BCUT2D eigenvalue weighted by atomic mass is 32.1. The highest BCUT2D eigenvalue weighted by molar-refractivity contribution is 7.07. The molecular weight excluding hydrogens is 532 g/mol. The predicted octanol–water partition coefficient (Wildman–Crippen LogP) is 2.81. The van der Waals surface area contributed by atoms with Gasteiger partial charge in [0.05, 0.1) is 48.0 Å². The van der Waals surface area contributed by atoms with Crippen molar-refractivity contribution in [3.8, 4) is 11.5 Å². The Hall–Kier alpha value is -4.51. The predicted molar refractivity (Wildman–Crippen MR) is 151 cm³/mol. The second kappa shape index (κ2) is 10.9. The lowest BCUT2D eigenvalue weighted by atomic mass is 9.94. The molecule has 2 aromatic carbocycles. The molecule has 1 aromatic heterocycles. The van der Waals surface area contributed by atoms with E-state index in [1.807, 2.05) is 18.2 Å². The zero-order chi connectivity index (χ0) is 28.6. The number of esters is 1. The number of amides is 1. The van der Waals surface area contributed by atoms with E-state index in [-0.39, 0.29) is 18.1 Å². The third kappa shape index (κ3) is 4.62. The number of fused-ring (bicyclic) bond motifs is 1. The summed E-state index contributed by atoms with van der Waals surface area (Å²) in [7, 11) is 3.05. The molecule has 3 aromatic rings. The molecule has 3 heterocycles. The van der Waals surface area contributed by atoms with Gasteiger partial charge >= 0.3 is 5.97 Å². The Morgan fingerprint density at radius 1 is 1.07 bits per heavy atom. The number of para-hydroxylation sites is 1. The molecule has 2 aliphatic rings. The van der Waals surface area contributed by atoms with Crippen molar-refractivity contribution < 1.29 is 23.8 Å². The van der Waals surface area contributed by atoms with Crippen LogP contribution in [-0.4, -0.2) is 43.0 Å². The molecule has 0 aliphatic carbocycles. The van der Waals surface area contributed by atoms with Crippen LogP contribution in [0.15, 0.2) is 74.7 Å². The van der Waals surface area contributed by atoms with Gasteiger partial charge in [-0.05, 0) is 57.2 Å². The number of hydrazone groups is 1. The number of hydrogen-bond donors (Lipinski definition) is 0. The lowest BCUT2D eigenvalue weighted by Gasteiger charge is -2.26. The molecule has 0 N–H and O–H groups in total. The molecule has 0 unspecified atom stereocenters. The van der Waals surface area contributed by atoms with Gasteiger partial charge in [-0.25, -0.2) is 9.79 Å². The van der Waals surface area contributed by atoms with E-state index < -0.39 is 23.5 Å². The lowest BCUT2D eigenvalue weighted by molar-refractivity contribution is -0.139. The van der Waals surface area contributed by atoms with E-state index in [4.69, 9.17) is 14.2 Å². The van der Waals surface area contributed by atoms with Gasteiger partial charge in [0.15, 0.2) is 4.80 Å². The number of ether oxygens (including phenoxy) is 3. The molecule has 0 spiro atoms. The number of aromatic nitrogens is 1. The van der Waals surface area contributed by atoms with Crippen LogP contribution in [0.5, 0.6) is 11.5 Å². The topological polar surface area (TPSA) is 112 Å². The van der Waals surface area contributed by atoms with Crippen LogP contribution in [0.2, 0.25) is 0 Å². The lowest BCUT2D eigenvalue weighted by Crippen LogP contribution is -2.40. The van der Waals surface area contributed by atoms with Crippen molar-refractivity contribution >= 4 is 40.7 Å². The van der Waals surface area contributed by atoms with Gasteiger partial charge in [-0.1, -0.05) is 29.5 Å². The summed E-state index contributed by atoms with van der Waals surface area (Å²) in [6, 6.07) is 13.4. The van der Waals surface area contributed by atoms with Crippen molar-refractivity contribution in [1.29, 1.82) is 0 Å². The molecule has 2 atom stereocenters. The number of benzene rings is 2. The number of thiazole rings is 1. The first-order valence-corrected chi connectivity index (χ1v) is 13.5. The van der Waals surface area contributed by atoms with E-state index >= 15 is 0 Å². The minimum Gasteiger partial charge on any atom is -0.497 e. The average Bonchev–Trinajstić information content (AvgIpc) is 3.42. The summed E-state index contributed by atoms with van der Waals surface area (Å²) in [5, 5.41) is 5.79. The number of rotatable bonds is 7. The first-order chi connectivity index (χ1) is 19.3. The van der Waals surface area contributed by atoms with Crippen LogP contribution in [0.3, 0.4) is 0 Å². The molecule has 11 heteroatoms. The van der Waals surface area contributed by atoms with Gasteiger partial charge in [0.25, 0.3) is 11.5 Å². The second-order valence-electron chi connectivity index (χ2n) is 9.14. The number of methoxy groups -OCH3 is 2. The number of hydrogen-bond acceptors (Lipinski definition) is 9. The zero-order valence-electron chi connectivity index (χ0n) is 22.7. The maximum atomic E-state index is 14.0. The molecule has 0 fully saturated rings. The second-order valence-corrected chi connectivity index (χ2v) is 10.1. The average molecular weight is 561 g/mol. The fourth-order valence-corrected chi connectivity index (χ4v) is 5.89. The first-order valence-electron chi connectivity index (χ1n) is 12.6. The Bertz CT molecular complexity index is 1740. The molecule has 0 saturated carbocycles. The van der Waals surface area contributed by atoms with Crippen LogP contribution in [0, 0.1) is 5.92 Å². The fraction of sp³-hybridized carbons (Fsp3) is 0.276. The molecule has 40 heavy (non-hydrogen) atoms. The smallest absolute Gasteiger partial charge is 0.338 e. The first kappa shape index (κ1) is 27.1. The van der Waals surface area contributed by atoms with Crippen molar-refractivity contribution in [2.75, 3.05) is 25.8 Å². The standard InChI is InChI=1S/C29H28N4O6S/c1-6-39-28(36)24-17(3)30-29-32(25(24)21-14-19(37-4)12-13-22(21)38-5)27(35)23(40-29)15-20-16(2)31-33(26(20)34)18-10-8-7-9-11-18/h7-15,20,25H,6H2,1-5H3/b23-15+/t20-,25+/m0/s1. The number of nitrogens with zero attached hydrogens (tertiary/aromatic N) is 4. The number of carbonyl (C=O) groups excluding carboxylic acids is 2. The van der Waals surface area contributed by atoms with Gasteiger partial charge in [0.1, 0.15) is 23.5 Å². The maximum absolute atomic E-state index is 14.0. The van der Waals surface area contributed by atoms with E-state index in [2.05, 4.69) is 10.1 Å². The van der Waals surface area contributed by atoms with Crippen LogP contribution >= 0.6 is 11.3 Å². The van der Waals surface area contributed by atoms with Crippen molar-refractivity contribution in [2.24, 2.45) is 16.0 Å². The summed E-state index contributed by atoms with van der Waals surface area (Å²) in [6.07, 6.45) is 1.62. The molecule has 0 radical (unpaired) electrons. The quantitative estimate of drug-likeness (QED) is 0.411. The molecule has 206 valence electrons. The monoisotopic (exact) mass is 560 g/mol. The van der Waals surface area contributed by atoms with Crippen molar-refractivity contribution in [1.82, 2.24) is 4.57 Å². The van der Waals surface area contributed by atoms with Crippen LogP contribution in [0.1, 0.15) is 32.4 Å². The Morgan fingerprint density at radius 2 is 1.82 bits per heavy atom. The SMILES string of the molecule is CCOC(=O)C1=C(C)N=c2s/c(=C/[C@@H]3C(=O)N(c4ccccc4)N=C3C)c(=O)n2[C@@H]1c1cc(OC)ccc1OC. The normalized spacial score (nSPS) is 18.8. The van der Waals surface area contributed by atoms with E-state index in [0.717, 1.165) is 11.3 Å². The summed E-state index contributed by atoms with van der Waals surface area (Å²) in [5.41, 5.74) is 1.99. The van der Waals surface area contributed by atoms with Crippen LogP contribution in [-0.2, 0) is 14.3 Å². The van der Waals surface area contributed by atoms with Gasteiger partial charge in [0, 0.05) is 5.56 Å². The minimum atomic E-state index is -0.891. The zero-order valence-corrected chi connectivity index (χ0v) is 23.5. The maximum Gasteiger partial charge on any atom is 0.338 e. The molecule has 1 amide bonds. The van der Waals surface area contributed by atoms with Crippen LogP contribution in [0.4, 0.5) is 5.69 Å². The van der Waals surface area contributed by atoms with E-state index in [1.54, 1.807) is 57.2 Å². The molecule has 5 rings (SSSR count). The van der Waals surface area contributed by atoms with Gasteiger partial charge in [-0.2, -0.15) is 10.1 Å². The minimum absolute atomic E-state index is 0.155. The van der Waals surface area contributed by atoms with E-state index in [0.29, 0.717) is 43.5 Å². The van der Waals surface area contributed by atoms with Crippen molar-refractivity contribution in [2.45, 2.75) is 26.8 Å². The highest BCUT2D eigenvalue weighted by Crippen LogP contribution is 2.38. The Morgan fingerprint density at radius 3 is 2.50 bits per heavy atom. The molecule has 10 nitrogen and oxygen atoms in total. The van der Waals surface area contributed by atoms with Crippen LogP contribution < -0.4 is 29.4 Å². The van der Waals surface area contributed by atoms with Gasteiger partial charge in [-0.3, -0.25) is 14.2 Å². The van der Waals surface area contributed by atoms with E-state index in [1.165, 1.54) is 23.8 Å². The van der Waals surface area contributed by atoms with Gasteiger partial charge in [0.2, 0.25) is 0 Å². The molecule has 0 bridgehead atoms. The Labute approximate surface area is 234 Å². The molecule has 0 saturated heterocycles. The third-order valence-electron chi connectivity index (χ3n) is 6.75. The Balaban J connectivity index is 1.68. The Kier molecular flexibility index (Phi) is 7.40.